The van der Waals surface area contributed by atoms with Crippen LogP contribution in [0.15, 0.2) is 60.7 Å². The predicted octanol–water partition coefficient (Wildman–Crippen LogP) is 4.93. The van der Waals surface area contributed by atoms with Crippen LogP contribution < -0.4 is 10.5 Å². The summed E-state index contributed by atoms with van der Waals surface area (Å²) in [5.41, 5.74) is 8.29. The van der Waals surface area contributed by atoms with Crippen molar-refractivity contribution in [3.8, 4) is 0 Å². The van der Waals surface area contributed by atoms with Crippen LogP contribution in [0.5, 0.6) is 0 Å². The molecule has 0 atom stereocenters. The van der Waals surface area contributed by atoms with Gasteiger partial charge >= 0.3 is 22.4 Å². The Morgan fingerprint density at radius 2 is 1.74 bits per heavy atom. The number of piperidine rings is 1. The van der Waals surface area contributed by atoms with Gasteiger partial charge in [0.05, 0.1) is 11.6 Å². The lowest BCUT2D eigenvalue weighted by atomic mass is 9.98. The minimum atomic E-state index is -4.35. The highest BCUT2D eigenvalue weighted by Crippen LogP contribution is 2.35. The zero-order chi connectivity index (χ0) is 27.9. The second-order valence-electron chi connectivity index (χ2n) is 9.70. The van der Waals surface area contributed by atoms with Crippen LogP contribution in [-0.2, 0) is 23.3 Å². The number of carbonyl (C=O) groups is 1. The van der Waals surface area contributed by atoms with Gasteiger partial charge in [-0.25, -0.2) is 4.79 Å². The van der Waals surface area contributed by atoms with Crippen molar-refractivity contribution >= 4 is 43.5 Å². The van der Waals surface area contributed by atoms with Crippen LogP contribution >= 0.6 is 0 Å². The van der Waals surface area contributed by atoms with Crippen molar-refractivity contribution in [2.75, 3.05) is 17.8 Å². The summed E-state index contributed by atoms with van der Waals surface area (Å²) in [5, 5.41) is 12.1. The molecule has 0 radical (unpaired) electrons. The number of rotatable bonds is 7. The summed E-state index contributed by atoms with van der Waals surface area (Å²) in [5.74, 6) is -2.63. The summed E-state index contributed by atoms with van der Waals surface area (Å²) in [6.07, 6.45) is -4.94. The summed E-state index contributed by atoms with van der Waals surface area (Å²) in [4.78, 5) is 12.1. The SMILES string of the molecule is NCc1ccc2cc(C(=O)O)n(Cc3cc(NS(=O)(=O)N4CCC(C(F)(F)F)CC4)cc4ccccc34)c2c1. The van der Waals surface area contributed by atoms with Crippen LogP contribution in [0, 0.1) is 5.92 Å². The number of hydrogen-bond donors (Lipinski definition) is 3. The van der Waals surface area contributed by atoms with E-state index in [0.717, 1.165) is 26.0 Å². The van der Waals surface area contributed by atoms with Crippen LogP contribution in [0.3, 0.4) is 0 Å². The predicted molar refractivity (Wildman–Crippen MR) is 143 cm³/mol. The third-order valence-electron chi connectivity index (χ3n) is 7.20. The lowest BCUT2D eigenvalue weighted by molar-refractivity contribution is -0.182. The van der Waals surface area contributed by atoms with Gasteiger partial charge in [-0.1, -0.05) is 36.4 Å². The Kier molecular flexibility index (Phi) is 7.04. The van der Waals surface area contributed by atoms with Crippen LogP contribution in [0.25, 0.3) is 21.7 Å². The molecule has 0 aliphatic carbocycles. The molecule has 2 heterocycles. The molecule has 3 aromatic carbocycles. The van der Waals surface area contributed by atoms with Crippen LogP contribution in [0.2, 0.25) is 0 Å². The van der Waals surface area contributed by atoms with E-state index in [1.807, 2.05) is 36.4 Å². The van der Waals surface area contributed by atoms with E-state index in [1.54, 1.807) is 28.8 Å². The summed E-state index contributed by atoms with van der Waals surface area (Å²) in [7, 11) is -4.12. The molecular formula is C27H27F3N4O4S. The van der Waals surface area contributed by atoms with Gasteiger partial charge in [0.25, 0.3) is 0 Å². The zero-order valence-electron chi connectivity index (χ0n) is 20.8. The van der Waals surface area contributed by atoms with Crippen LogP contribution in [0.1, 0.15) is 34.5 Å². The molecule has 39 heavy (non-hydrogen) atoms. The molecule has 5 rings (SSSR count). The fraction of sp³-hybridized carbons (Fsp3) is 0.296. The minimum absolute atomic E-state index is 0.0711. The number of nitrogens with one attached hydrogen (secondary N) is 1. The Labute approximate surface area is 223 Å². The maximum atomic E-state index is 13.1. The summed E-state index contributed by atoms with van der Waals surface area (Å²) in [6, 6.07) is 17.6. The topological polar surface area (TPSA) is 118 Å². The number of aromatic nitrogens is 1. The van der Waals surface area contributed by atoms with Gasteiger partial charge in [-0.15, -0.1) is 0 Å². The molecular weight excluding hydrogens is 533 g/mol. The number of anilines is 1. The number of nitrogens with two attached hydrogens (primary N) is 1. The van der Waals surface area contributed by atoms with E-state index in [2.05, 4.69) is 4.72 Å². The molecule has 1 aliphatic rings. The molecule has 1 fully saturated rings. The van der Waals surface area contributed by atoms with E-state index < -0.39 is 28.3 Å². The third kappa shape index (κ3) is 5.45. The molecule has 8 nitrogen and oxygen atoms in total. The maximum absolute atomic E-state index is 13.1. The molecule has 12 heteroatoms. The first-order valence-electron chi connectivity index (χ1n) is 12.4. The third-order valence-corrected chi connectivity index (χ3v) is 8.74. The lowest BCUT2D eigenvalue weighted by Gasteiger charge is -2.32. The second kappa shape index (κ2) is 10.2. The average molecular weight is 561 g/mol. The van der Waals surface area contributed by atoms with E-state index in [4.69, 9.17) is 5.73 Å². The normalized spacial score (nSPS) is 15.7. The van der Waals surface area contributed by atoms with Gasteiger partial charge in [-0.3, -0.25) is 4.72 Å². The van der Waals surface area contributed by atoms with Gasteiger partial charge in [-0.05, 0) is 59.0 Å². The van der Waals surface area contributed by atoms with Crippen molar-refractivity contribution in [1.82, 2.24) is 8.87 Å². The van der Waals surface area contributed by atoms with E-state index in [1.165, 1.54) is 0 Å². The van der Waals surface area contributed by atoms with Gasteiger partial charge in [-0.2, -0.15) is 25.9 Å². The maximum Gasteiger partial charge on any atom is 0.391 e. The molecule has 4 aromatic rings. The first-order chi connectivity index (χ1) is 18.5. The number of aromatic carboxylic acids is 1. The zero-order valence-corrected chi connectivity index (χ0v) is 21.6. The number of carboxylic acids is 1. The molecule has 1 aliphatic heterocycles. The van der Waals surface area contributed by atoms with Crippen LogP contribution in [0.4, 0.5) is 18.9 Å². The molecule has 0 saturated carbocycles. The van der Waals surface area contributed by atoms with Crippen molar-refractivity contribution in [1.29, 1.82) is 0 Å². The van der Waals surface area contributed by atoms with E-state index >= 15 is 0 Å². The molecule has 206 valence electrons. The fourth-order valence-corrected chi connectivity index (χ4v) is 6.40. The lowest BCUT2D eigenvalue weighted by Crippen LogP contribution is -2.44. The summed E-state index contributed by atoms with van der Waals surface area (Å²) in [6.45, 7) is -0.0579. The number of fused-ring (bicyclic) bond motifs is 2. The molecule has 0 bridgehead atoms. The number of halogens is 3. The molecule has 1 aromatic heterocycles. The van der Waals surface area contributed by atoms with E-state index in [-0.39, 0.29) is 50.4 Å². The van der Waals surface area contributed by atoms with E-state index in [0.29, 0.717) is 11.1 Å². The van der Waals surface area contributed by atoms with Gasteiger partial charge < -0.3 is 15.4 Å². The molecule has 0 spiro atoms. The number of hydrogen-bond acceptors (Lipinski definition) is 4. The number of nitrogens with zero attached hydrogens (tertiary/aromatic N) is 2. The smallest absolute Gasteiger partial charge is 0.391 e. The van der Waals surface area contributed by atoms with Crippen molar-refractivity contribution < 1.29 is 31.5 Å². The fourth-order valence-electron chi connectivity index (χ4n) is 5.16. The van der Waals surface area contributed by atoms with Crippen molar-refractivity contribution in [3.63, 3.8) is 0 Å². The average Bonchev–Trinajstić information content (AvgIpc) is 3.26. The number of carboxylic acid groups (broad SMARTS) is 1. The Balaban J connectivity index is 1.51. The largest absolute Gasteiger partial charge is 0.477 e. The first kappa shape index (κ1) is 27.0. The Bertz CT molecular complexity index is 1660. The quantitative estimate of drug-likeness (QED) is 0.296. The number of benzene rings is 3. The second-order valence-corrected chi connectivity index (χ2v) is 11.4. The standard InChI is InChI=1S/C27H27F3N4O4S/c28-27(29,30)21-7-9-33(10-8-21)39(37,38)32-22-12-18-3-1-2-4-23(18)20(13-22)16-34-24-11-17(15-31)5-6-19(24)14-25(34)26(35)36/h1-6,11-14,21,32H,7-10,15-16,31H2,(H,35,36). The number of alkyl halides is 3. The molecule has 1 saturated heterocycles. The van der Waals surface area contributed by atoms with Crippen molar-refractivity contribution in [2.24, 2.45) is 11.7 Å². The highest BCUT2D eigenvalue weighted by molar-refractivity contribution is 7.90. The molecule has 0 amide bonds. The Hall–Kier alpha value is -3.61. The van der Waals surface area contributed by atoms with Gasteiger partial charge in [0, 0.05) is 37.1 Å². The van der Waals surface area contributed by atoms with E-state index in [9.17, 15) is 31.5 Å². The Morgan fingerprint density at radius 3 is 2.41 bits per heavy atom. The molecule has 4 N–H and O–H groups in total. The monoisotopic (exact) mass is 560 g/mol. The van der Waals surface area contributed by atoms with Crippen LogP contribution in [-0.4, -0.2) is 47.6 Å². The first-order valence-corrected chi connectivity index (χ1v) is 13.8. The van der Waals surface area contributed by atoms with Gasteiger partial charge in [0.1, 0.15) is 5.69 Å². The highest BCUT2D eigenvalue weighted by Gasteiger charge is 2.42. The van der Waals surface area contributed by atoms with Crippen molar-refractivity contribution in [3.05, 3.63) is 77.5 Å². The molecule has 0 unspecified atom stereocenters. The highest BCUT2D eigenvalue weighted by atomic mass is 32.2. The minimum Gasteiger partial charge on any atom is -0.477 e. The van der Waals surface area contributed by atoms with Gasteiger partial charge in [0.2, 0.25) is 0 Å². The summed E-state index contributed by atoms with van der Waals surface area (Å²) < 4.78 is 70.6. The van der Waals surface area contributed by atoms with Gasteiger partial charge in [0.15, 0.2) is 0 Å². The summed E-state index contributed by atoms with van der Waals surface area (Å²) >= 11 is 0. The van der Waals surface area contributed by atoms with Crippen molar-refractivity contribution in [2.45, 2.75) is 32.1 Å². The Morgan fingerprint density at radius 1 is 1.03 bits per heavy atom.